The van der Waals surface area contributed by atoms with Gasteiger partial charge in [-0.25, -0.2) is 0 Å². The van der Waals surface area contributed by atoms with Crippen LogP contribution in [0.4, 0.5) is 0 Å². The molecule has 0 aromatic heterocycles. The number of methoxy groups -OCH3 is 1. The maximum absolute atomic E-state index is 9.50. The molecule has 1 rings (SSSR count). The topological polar surface area (TPSA) is 55.5 Å². The van der Waals surface area contributed by atoms with Crippen LogP contribution in [0.5, 0.6) is 5.75 Å². The lowest BCUT2D eigenvalue weighted by Gasteiger charge is -2.12. The van der Waals surface area contributed by atoms with Gasteiger partial charge in [-0.05, 0) is 18.2 Å². The van der Waals surface area contributed by atoms with Crippen molar-refractivity contribution in [3.63, 3.8) is 0 Å². The molecule has 3 nitrogen and oxygen atoms in total. The maximum atomic E-state index is 9.50. The summed E-state index contributed by atoms with van der Waals surface area (Å²) >= 11 is 5.77. The molecule has 0 saturated carbocycles. The molecule has 4 heteroatoms. The second-order valence-electron chi connectivity index (χ2n) is 2.64. The summed E-state index contributed by atoms with van der Waals surface area (Å²) in [4.78, 5) is 0. The smallest absolute Gasteiger partial charge is 0.124 e. The van der Waals surface area contributed by atoms with Gasteiger partial charge in [0.1, 0.15) is 5.75 Å². The van der Waals surface area contributed by atoms with Crippen LogP contribution in [0, 0.1) is 0 Å². The minimum atomic E-state index is -0.728. The summed E-state index contributed by atoms with van der Waals surface area (Å²) in [5.74, 6) is 0.599. The van der Waals surface area contributed by atoms with E-state index in [0.717, 1.165) is 0 Å². The molecule has 0 unspecified atom stereocenters. The van der Waals surface area contributed by atoms with Gasteiger partial charge in [-0.3, -0.25) is 0 Å². The van der Waals surface area contributed by atoms with Gasteiger partial charge in [0.05, 0.1) is 13.2 Å². The molecule has 0 amide bonds. The molecule has 1 aromatic rings. The van der Waals surface area contributed by atoms with Crippen molar-refractivity contribution < 1.29 is 9.84 Å². The predicted molar refractivity (Wildman–Crippen MR) is 52.0 cm³/mol. The van der Waals surface area contributed by atoms with Crippen molar-refractivity contribution in [2.24, 2.45) is 5.73 Å². The SMILES string of the molecule is COc1ccc(Cl)cc1[C@@H](O)CN. The molecule has 72 valence electrons. The minimum absolute atomic E-state index is 0.150. The number of hydrogen-bond acceptors (Lipinski definition) is 3. The lowest BCUT2D eigenvalue weighted by molar-refractivity contribution is 0.182. The molecule has 0 spiro atoms. The van der Waals surface area contributed by atoms with Crippen molar-refractivity contribution >= 4 is 11.6 Å². The van der Waals surface area contributed by atoms with E-state index in [9.17, 15) is 5.11 Å². The number of hydrogen-bond donors (Lipinski definition) is 2. The molecule has 0 heterocycles. The van der Waals surface area contributed by atoms with Crippen molar-refractivity contribution in [1.29, 1.82) is 0 Å². The molecule has 0 aliphatic carbocycles. The van der Waals surface area contributed by atoms with Crippen molar-refractivity contribution in [2.45, 2.75) is 6.10 Å². The normalized spacial score (nSPS) is 12.6. The van der Waals surface area contributed by atoms with Gasteiger partial charge in [0.2, 0.25) is 0 Å². The largest absolute Gasteiger partial charge is 0.496 e. The first-order chi connectivity index (χ1) is 6.19. The van der Waals surface area contributed by atoms with E-state index in [0.29, 0.717) is 16.3 Å². The number of aliphatic hydroxyl groups excluding tert-OH is 1. The average molecular weight is 202 g/mol. The van der Waals surface area contributed by atoms with Crippen LogP contribution in [0.3, 0.4) is 0 Å². The highest BCUT2D eigenvalue weighted by atomic mass is 35.5. The maximum Gasteiger partial charge on any atom is 0.124 e. The Morgan fingerprint density at radius 2 is 2.31 bits per heavy atom. The lowest BCUT2D eigenvalue weighted by Crippen LogP contribution is -2.12. The molecule has 0 fully saturated rings. The summed E-state index contributed by atoms with van der Waals surface area (Å²) in [5, 5.41) is 10.1. The Kier molecular flexibility index (Phi) is 3.54. The number of nitrogens with two attached hydrogens (primary N) is 1. The number of halogens is 1. The van der Waals surface area contributed by atoms with Gasteiger partial charge < -0.3 is 15.6 Å². The second-order valence-corrected chi connectivity index (χ2v) is 3.07. The fourth-order valence-corrected chi connectivity index (χ4v) is 1.27. The fraction of sp³-hybridized carbons (Fsp3) is 0.333. The first-order valence-corrected chi connectivity index (χ1v) is 4.28. The average Bonchev–Trinajstić information content (AvgIpc) is 2.16. The molecule has 0 saturated heterocycles. The molecule has 13 heavy (non-hydrogen) atoms. The van der Waals surface area contributed by atoms with E-state index in [1.165, 1.54) is 7.11 Å². The molecule has 1 atom stereocenters. The molecule has 0 aliphatic rings. The summed E-state index contributed by atoms with van der Waals surface area (Å²) in [6.45, 7) is 0.150. The minimum Gasteiger partial charge on any atom is -0.496 e. The first-order valence-electron chi connectivity index (χ1n) is 3.90. The molecular weight excluding hydrogens is 190 g/mol. The van der Waals surface area contributed by atoms with Crippen LogP contribution in [-0.2, 0) is 0 Å². The van der Waals surface area contributed by atoms with E-state index in [1.54, 1.807) is 18.2 Å². The van der Waals surface area contributed by atoms with E-state index < -0.39 is 6.10 Å². The van der Waals surface area contributed by atoms with E-state index >= 15 is 0 Å². The van der Waals surface area contributed by atoms with Gasteiger partial charge in [-0.2, -0.15) is 0 Å². The van der Waals surface area contributed by atoms with Crippen molar-refractivity contribution in [3.8, 4) is 5.75 Å². The highest BCUT2D eigenvalue weighted by Crippen LogP contribution is 2.27. The van der Waals surface area contributed by atoms with Crippen molar-refractivity contribution in [2.75, 3.05) is 13.7 Å². The van der Waals surface area contributed by atoms with E-state index in [1.807, 2.05) is 0 Å². The van der Waals surface area contributed by atoms with Crippen LogP contribution in [0.25, 0.3) is 0 Å². The third-order valence-electron chi connectivity index (χ3n) is 1.77. The van der Waals surface area contributed by atoms with Gasteiger partial charge in [0, 0.05) is 17.1 Å². The second kappa shape index (κ2) is 4.46. The molecular formula is C9H12ClNO2. The van der Waals surface area contributed by atoms with Gasteiger partial charge >= 0.3 is 0 Å². The summed E-state index contributed by atoms with van der Waals surface area (Å²) in [7, 11) is 1.54. The van der Waals surface area contributed by atoms with Gasteiger partial charge in [-0.1, -0.05) is 11.6 Å². The Hall–Kier alpha value is -0.770. The lowest BCUT2D eigenvalue weighted by atomic mass is 10.1. The summed E-state index contributed by atoms with van der Waals surface area (Å²) in [6, 6.07) is 5.06. The molecule has 3 N–H and O–H groups in total. The van der Waals surface area contributed by atoms with Crippen LogP contribution in [-0.4, -0.2) is 18.8 Å². The monoisotopic (exact) mass is 201 g/mol. The van der Waals surface area contributed by atoms with Crippen molar-refractivity contribution in [1.82, 2.24) is 0 Å². The number of ether oxygens (including phenoxy) is 1. The number of benzene rings is 1. The zero-order valence-electron chi connectivity index (χ0n) is 7.33. The van der Waals surface area contributed by atoms with Crippen LogP contribution >= 0.6 is 11.6 Å². The quantitative estimate of drug-likeness (QED) is 0.776. The van der Waals surface area contributed by atoms with E-state index in [4.69, 9.17) is 22.1 Å². The van der Waals surface area contributed by atoms with E-state index in [2.05, 4.69) is 0 Å². The predicted octanol–water partition coefficient (Wildman–Crippen LogP) is 1.34. The van der Waals surface area contributed by atoms with Crippen LogP contribution in [0.1, 0.15) is 11.7 Å². The zero-order chi connectivity index (χ0) is 9.84. The number of aliphatic hydroxyl groups is 1. The zero-order valence-corrected chi connectivity index (χ0v) is 8.08. The molecule has 0 bridgehead atoms. The summed E-state index contributed by atoms with van der Waals surface area (Å²) in [5.41, 5.74) is 5.95. The Morgan fingerprint density at radius 1 is 1.62 bits per heavy atom. The third-order valence-corrected chi connectivity index (χ3v) is 2.01. The van der Waals surface area contributed by atoms with Crippen LogP contribution < -0.4 is 10.5 Å². The number of rotatable bonds is 3. The Balaban J connectivity index is 3.07. The van der Waals surface area contributed by atoms with Gasteiger partial charge in [0.15, 0.2) is 0 Å². The van der Waals surface area contributed by atoms with E-state index in [-0.39, 0.29) is 6.54 Å². The van der Waals surface area contributed by atoms with Crippen molar-refractivity contribution in [3.05, 3.63) is 28.8 Å². The van der Waals surface area contributed by atoms with Gasteiger partial charge in [0.25, 0.3) is 0 Å². The highest BCUT2D eigenvalue weighted by Gasteiger charge is 2.11. The highest BCUT2D eigenvalue weighted by molar-refractivity contribution is 6.30. The fourth-order valence-electron chi connectivity index (χ4n) is 1.09. The Labute approximate surface area is 82.1 Å². The Morgan fingerprint density at radius 3 is 2.85 bits per heavy atom. The molecule has 0 radical (unpaired) electrons. The summed E-state index contributed by atoms with van der Waals surface area (Å²) < 4.78 is 5.05. The van der Waals surface area contributed by atoms with Crippen LogP contribution in [0.2, 0.25) is 5.02 Å². The first kappa shape index (κ1) is 10.3. The standard InChI is InChI=1S/C9H12ClNO2/c1-13-9-3-2-6(10)4-7(9)8(12)5-11/h2-4,8,12H,5,11H2,1H3/t8-/m0/s1. The molecule has 1 aromatic carbocycles. The van der Waals surface area contributed by atoms with Gasteiger partial charge in [-0.15, -0.1) is 0 Å². The molecule has 0 aliphatic heterocycles. The Bertz CT molecular complexity index is 291. The summed E-state index contributed by atoms with van der Waals surface area (Å²) in [6.07, 6.45) is -0.728. The van der Waals surface area contributed by atoms with Crippen LogP contribution in [0.15, 0.2) is 18.2 Å². The third kappa shape index (κ3) is 2.34.